The molecule has 0 aliphatic carbocycles. The number of carbonyl (C=O) groups is 1. The fourth-order valence-corrected chi connectivity index (χ4v) is 6.62. The number of oxazole rings is 1. The Bertz CT molecular complexity index is 1600. The topological polar surface area (TPSA) is 102 Å². The Labute approximate surface area is 246 Å². The number of aryl methyl sites for hydroxylation is 2. The number of para-hydroxylation sites is 1. The standard InChI is InChI=1S/C32H35N3O6S/c1-3-39-31(36)23-34(42(37,38)35-20-9-13-26-10-7-8-14-30(26)35)22-25-15-17-28(18-16-25)40-21-19-29-24(2)41-32(33-29)27-11-5-4-6-12-27/h4-8,10-12,14-18H,3,9,13,19-23H2,1-2H3. The minimum atomic E-state index is -4.01. The van der Waals surface area contributed by atoms with Crippen molar-refractivity contribution in [1.29, 1.82) is 0 Å². The molecule has 0 saturated carbocycles. The summed E-state index contributed by atoms with van der Waals surface area (Å²) in [5, 5.41) is 0. The second-order valence-electron chi connectivity index (χ2n) is 10.0. The highest BCUT2D eigenvalue weighted by molar-refractivity contribution is 7.90. The number of esters is 1. The first-order valence-electron chi connectivity index (χ1n) is 14.1. The molecule has 4 aromatic rings. The van der Waals surface area contributed by atoms with E-state index >= 15 is 0 Å². The van der Waals surface area contributed by atoms with Crippen LogP contribution in [-0.2, 0) is 39.1 Å². The number of benzene rings is 3. The van der Waals surface area contributed by atoms with Crippen LogP contribution in [0, 0.1) is 6.92 Å². The third-order valence-corrected chi connectivity index (χ3v) is 8.93. The Morgan fingerprint density at radius 2 is 1.76 bits per heavy atom. The summed E-state index contributed by atoms with van der Waals surface area (Å²) in [6.45, 7) is 4.15. The maximum Gasteiger partial charge on any atom is 0.321 e. The van der Waals surface area contributed by atoms with Crippen LogP contribution in [0.1, 0.15) is 35.9 Å². The molecule has 0 fully saturated rings. The number of fused-ring (bicyclic) bond motifs is 1. The van der Waals surface area contributed by atoms with Crippen molar-refractivity contribution in [3.8, 4) is 17.2 Å². The first-order valence-corrected chi connectivity index (χ1v) is 15.5. The van der Waals surface area contributed by atoms with E-state index < -0.39 is 16.2 Å². The molecule has 0 atom stereocenters. The summed E-state index contributed by atoms with van der Waals surface area (Å²) in [7, 11) is -4.01. The van der Waals surface area contributed by atoms with Crippen molar-refractivity contribution >= 4 is 21.9 Å². The molecule has 2 heterocycles. The molecule has 0 N–H and O–H groups in total. The molecule has 0 amide bonds. The minimum Gasteiger partial charge on any atom is -0.493 e. The molecule has 1 aromatic heterocycles. The van der Waals surface area contributed by atoms with Gasteiger partial charge in [-0.05, 0) is 68.1 Å². The van der Waals surface area contributed by atoms with Gasteiger partial charge in [0.25, 0.3) is 0 Å². The molecule has 9 nitrogen and oxygen atoms in total. The van der Waals surface area contributed by atoms with E-state index in [0.29, 0.717) is 43.3 Å². The molecule has 0 saturated heterocycles. The van der Waals surface area contributed by atoms with E-state index in [1.165, 1.54) is 8.61 Å². The number of ether oxygens (including phenoxy) is 2. The van der Waals surface area contributed by atoms with Crippen LogP contribution in [0.2, 0.25) is 0 Å². The largest absolute Gasteiger partial charge is 0.493 e. The lowest BCUT2D eigenvalue weighted by atomic mass is 10.0. The number of hydrogen-bond acceptors (Lipinski definition) is 7. The zero-order valence-corrected chi connectivity index (χ0v) is 24.7. The Hall–Kier alpha value is -4.15. The van der Waals surface area contributed by atoms with E-state index in [9.17, 15) is 13.2 Å². The van der Waals surface area contributed by atoms with Gasteiger partial charge in [-0.3, -0.25) is 9.10 Å². The Balaban J connectivity index is 1.25. The van der Waals surface area contributed by atoms with Crippen LogP contribution in [0.4, 0.5) is 5.69 Å². The molecule has 0 spiro atoms. The molecule has 3 aromatic carbocycles. The third kappa shape index (κ3) is 6.83. The summed E-state index contributed by atoms with van der Waals surface area (Å²) in [5.74, 6) is 1.40. The summed E-state index contributed by atoms with van der Waals surface area (Å²) >= 11 is 0. The average molecular weight is 590 g/mol. The highest BCUT2D eigenvalue weighted by Gasteiger charge is 2.34. The molecule has 0 bridgehead atoms. The van der Waals surface area contributed by atoms with Crippen molar-refractivity contribution in [3.63, 3.8) is 0 Å². The maximum absolute atomic E-state index is 13.9. The summed E-state index contributed by atoms with van der Waals surface area (Å²) in [4.78, 5) is 17.1. The van der Waals surface area contributed by atoms with Crippen molar-refractivity contribution in [3.05, 3.63) is 101 Å². The predicted octanol–water partition coefficient (Wildman–Crippen LogP) is 5.33. The first-order chi connectivity index (χ1) is 20.3. The van der Waals surface area contributed by atoms with E-state index in [1.54, 1.807) is 19.1 Å². The highest BCUT2D eigenvalue weighted by Crippen LogP contribution is 2.31. The van der Waals surface area contributed by atoms with Gasteiger partial charge >= 0.3 is 16.2 Å². The van der Waals surface area contributed by atoms with Crippen LogP contribution in [0.5, 0.6) is 5.75 Å². The SMILES string of the molecule is CCOC(=O)CN(Cc1ccc(OCCc2nc(-c3ccccc3)oc2C)cc1)S(=O)(=O)N1CCCc2ccccc21. The molecule has 220 valence electrons. The fraction of sp³-hybridized carbons (Fsp3) is 0.312. The van der Waals surface area contributed by atoms with Gasteiger partial charge in [0, 0.05) is 25.1 Å². The zero-order valence-electron chi connectivity index (χ0n) is 23.9. The smallest absolute Gasteiger partial charge is 0.321 e. The minimum absolute atomic E-state index is 0.0144. The van der Waals surface area contributed by atoms with Gasteiger partial charge in [-0.25, -0.2) is 4.98 Å². The molecule has 10 heteroatoms. The van der Waals surface area contributed by atoms with E-state index in [0.717, 1.165) is 34.6 Å². The average Bonchev–Trinajstić information content (AvgIpc) is 3.38. The van der Waals surface area contributed by atoms with Gasteiger partial charge in [-0.15, -0.1) is 0 Å². The molecular weight excluding hydrogens is 554 g/mol. The summed E-state index contributed by atoms with van der Waals surface area (Å²) in [6.07, 6.45) is 2.09. The van der Waals surface area contributed by atoms with Crippen LogP contribution in [-0.4, -0.2) is 50.0 Å². The van der Waals surface area contributed by atoms with Crippen LogP contribution in [0.3, 0.4) is 0 Å². The van der Waals surface area contributed by atoms with Gasteiger partial charge < -0.3 is 13.9 Å². The van der Waals surface area contributed by atoms with Crippen molar-refractivity contribution < 1.29 is 27.1 Å². The number of anilines is 1. The monoisotopic (exact) mass is 589 g/mol. The van der Waals surface area contributed by atoms with Crippen molar-refractivity contribution in [2.45, 2.75) is 39.7 Å². The molecular formula is C32H35N3O6S. The normalized spacial score (nSPS) is 13.2. The third-order valence-electron chi connectivity index (χ3n) is 7.09. The number of aromatic nitrogens is 1. The van der Waals surface area contributed by atoms with Gasteiger partial charge in [0.2, 0.25) is 5.89 Å². The number of rotatable bonds is 12. The summed E-state index contributed by atoms with van der Waals surface area (Å²) < 4.78 is 47.2. The molecule has 0 unspecified atom stereocenters. The first kappa shape index (κ1) is 29.3. The van der Waals surface area contributed by atoms with Gasteiger partial charge in [0.15, 0.2) is 0 Å². The lowest BCUT2D eigenvalue weighted by molar-refractivity contribution is -0.143. The van der Waals surface area contributed by atoms with Crippen LogP contribution in [0.25, 0.3) is 11.5 Å². The predicted molar refractivity (Wildman–Crippen MR) is 160 cm³/mol. The van der Waals surface area contributed by atoms with Gasteiger partial charge in [0.05, 0.1) is 24.6 Å². The summed E-state index contributed by atoms with van der Waals surface area (Å²) in [5.41, 5.74) is 4.11. The van der Waals surface area contributed by atoms with Gasteiger partial charge in [0.1, 0.15) is 18.1 Å². The van der Waals surface area contributed by atoms with Crippen molar-refractivity contribution in [1.82, 2.24) is 9.29 Å². The number of hydrogen-bond donors (Lipinski definition) is 0. The van der Waals surface area contributed by atoms with E-state index in [4.69, 9.17) is 13.9 Å². The maximum atomic E-state index is 13.9. The second-order valence-corrected chi connectivity index (χ2v) is 11.9. The van der Waals surface area contributed by atoms with Crippen LogP contribution in [0.15, 0.2) is 83.3 Å². The van der Waals surface area contributed by atoms with Crippen molar-refractivity contribution in [2.75, 3.05) is 30.6 Å². The molecule has 1 aliphatic rings. The summed E-state index contributed by atoms with van der Waals surface area (Å²) in [6, 6.07) is 24.4. The van der Waals surface area contributed by atoms with E-state index in [2.05, 4.69) is 4.98 Å². The quantitative estimate of drug-likeness (QED) is 0.206. The number of carbonyl (C=O) groups excluding carboxylic acids is 1. The van der Waals surface area contributed by atoms with Crippen LogP contribution >= 0.6 is 0 Å². The lowest BCUT2D eigenvalue weighted by Crippen LogP contribution is -2.47. The Morgan fingerprint density at radius 1 is 1.02 bits per heavy atom. The van der Waals surface area contributed by atoms with Gasteiger partial charge in [-0.2, -0.15) is 12.7 Å². The van der Waals surface area contributed by atoms with E-state index in [-0.39, 0.29) is 19.7 Å². The van der Waals surface area contributed by atoms with E-state index in [1.807, 2.05) is 73.7 Å². The van der Waals surface area contributed by atoms with Gasteiger partial charge in [-0.1, -0.05) is 48.5 Å². The molecule has 0 radical (unpaired) electrons. The fourth-order valence-electron chi connectivity index (χ4n) is 4.97. The Kier molecular flexibility index (Phi) is 9.24. The number of nitrogens with zero attached hydrogens (tertiary/aromatic N) is 3. The molecule has 5 rings (SSSR count). The van der Waals surface area contributed by atoms with Crippen molar-refractivity contribution in [2.24, 2.45) is 0 Å². The zero-order chi connectivity index (χ0) is 29.5. The van der Waals surface area contributed by atoms with Crippen LogP contribution < -0.4 is 9.04 Å². The second kappa shape index (κ2) is 13.2. The lowest BCUT2D eigenvalue weighted by Gasteiger charge is -2.34. The highest BCUT2D eigenvalue weighted by atomic mass is 32.2. The molecule has 42 heavy (non-hydrogen) atoms. The Morgan fingerprint density at radius 3 is 2.52 bits per heavy atom. The molecule has 1 aliphatic heterocycles.